The highest BCUT2D eigenvalue weighted by Crippen LogP contribution is 2.22. The summed E-state index contributed by atoms with van der Waals surface area (Å²) in [5.74, 6) is 0.745. The molecule has 1 aliphatic heterocycles. The molecular weight excluding hydrogens is 324 g/mol. The van der Waals surface area contributed by atoms with Crippen molar-refractivity contribution in [3.05, 3.63) is 40.6 Å². The molecule has 128 valence electrons. The number of carbonyl (C=O) groups is 1. The molecule has 1 saturated heterocycles. The molecule has 0 aliphatic carbocycles. The first kappa shape index (κ1) is 16.7. The lowest BCUT2D eigenvalue weighted by molar-refractivity contribution is 0.184. The maximum atomic E-state index is 12.5. The number of aromatic nitrogens is 2. The molecule has 1 aliphatic rings. The van der Waals surface area contributed by atoms with Gasteiger partial charge in [0.15, 0.2) is 0 Å². The van der Waals surface area contributed by atoms with Crippen LogP contribution in [0.2, 0.25) is 0 Å². The van der Waals surface area contributed by atoms with Gasteiger partial charge in [-0.3, -0.25) is 4.98 Å². The average molecular weight is 346 g/mol. The molecule has 3 rings (SSSR count). The Balaban J connectivity index is 1.54. The molecule has 24 heavy (non-hydrogen) atoms. The van der Waals surface area contributed by atoms with Crippen LogP contribution >= 0.6 is 11.3 Å². The Morgan fingerprint density at radius 3 is 3.12 bits per heavy atom. The van der Waals surface area contributed by atoms with Crippen molar-refractivity contribution in [2.24, 2.45) is 0 Å². The van der Waals surface area contributed by atoms with Gasteiger partial charge in [-0.25, -0.2) is 9.78 Å². The van der Waals surface area contributed by atoms with E-state index in [1.165, 1.54) is 0 Å². The van der Waals surface area contributed by atoms with Gasteiger partial charge in [0.05, 0.1) is 18.8 Å². The van der Waals surface area contributed by atoms with Gasteiger partial charge in [-0.1, -0.05) is 6.92 Å². The summed E-state index contributed by atoms with van der Waals surface area (Å²) in [6, 6.07) is 3.64. The predicted octanol–water partition coefficient (Wildman–Crippen LogP) is 3.16. The maximum absolute atomic E-state index is 12.5. The van der Waals surface area contributed by atoms with Gasteiger partial charge < -0.3 is 15.0 Å². The summed E-state index contributed by atoms with van der Waals surface area (Å²) in [6.07, 6.45) is 5.08. The Labute approximate surface area is 145 Å². The van der Waals surface area contributed by atoms with Crippen molar-refractivity contribution < 1.29 is 9.53 Å². The number of urea groups is 1. The molecule has 2 amide bonds. The van der Waals surface area contributed by atoms with Crippen molar-refractivity contribution in [2.45, 2.75) is 38.8 Å². The number of thiazole rings is 1. The third kappa shape index (κ3) is 4.03. The molecule has 0 aromatic carbocycles. The number of nitrogens with one attached hydrogen (secondary N) is 1. The van der Waals surface area contributed by atoms with Crippen LogP contribution in [0.25, 0.3) is 0 Å². The quantitative estimate of drug-likeness (QED) is 0.903. The van der Waals surface area contributed by atoms with Crippen LogP contribution in [-0.2, 0) is 0 Å². The number of hydrogen-bond acceptors (Lipinski definition) is 5. The number of ether oxygens (including phenoxy) is 1. The van der Waals surface area contributed by atoms with Crippen LogP contribution < -0.4 is 10.1 Å². The van der Waals surface area contributed by atoms with Crippen LogP contribution in [0, 0.1) is 6.92 Å². The molecule has 0 unspecified atom stereocenters. The monoisotopic (exact) mass is 346 g/mol. The van der Waals surface area contributed by atoms with E-state index in [1.54, 1.807) is 23.7 Å². The molecule has 2 aromatic rings. The minimum absolute atomic E-state index is 0.0159. The van der Waals surface area contributed by atoms with E-state index in [-0.39, 0.29) is 18.2 Å². The number of rotatable bonds is 5. The molecule has 3 heterocycles. The second-order valence-electron chi connectivity index (χ2n) is 5.90. The zero-order chi connectivity index (χ0) is 16.9. The van der Waals surface area contributed by atoms with E-state index in [0.29, 0.717) is 13.1 Å². The smallest absolute Gasteiger partial charge is 0.318 e. The van der Waals surface area contributed by atoms with Gasteiger partial charge in [-0.15, -0.1) is 11.3 Å². The largest absolute Gasteiger partial charge is 0.487 e. The lowest BCUT2D eigenvalue weighted by Crippen LogP contribution is -2.41. The molecule has 1 fully saturated rings. The Hall–Kier alpha value is -2.15. The first-order valence-electron chi connectivity index (χ1n) is 8.20. The summed E-state index contributed by atoms with van der Waals surface area (Å²) in [7, 11) is 0. The van der Waals surface area contributed by atoms with E-state index in [1.807, 2.05) is 29.3 Å². The molecule has 0 bridgehead atoms. The third-order valence-corrected chi connectivity index (χ3v) is 5.09. The fourth-order valence-electron chi connectivity index (χ4n) is 2.73. The predicted molar refractivity (Wildman–Crippen MR) is 93.3 cm³/mol. The Bertz CT molecular complexity index is 676. The van der Waals surface area contributed by atoms with Gasteiger partial charge in [0.2, 0.25) is 0 Å². The number of hydrogen-bond donors (Lipinski definition) is 1. The normalized spacial score (nSPS) is 18.4. The summed E-state index contributed by atoms with van der Waals surface area (Å²) in [5.41, 5.74) is 0.994. The van der Waals surface area contributed by atoms with Crippen LogP contribution in [0.1, 0.15) is 36.5 Å². The zero-order valence-corrected chi connectivity index (χ0v) is 14.8. The van der Waals surface area contributed by atoms with Gasteiger partial charge in [0.1, 0.15) is 16.9 Å². The number of carbonyl (C=O) groups excluding carboxylic acids is 1. The number of pyridine rings is 1. The van der Waals surface area contributed by atoms with Crippen LogP contribution in [0.5, 0.6) is 5.75 Å². The minimum atomic E-state index is -0.0491. The van der Waals surface area contributed by atoms with Gasteiger partial charge in [0, 0.05) is 30.2 Å². The van der Waals surface area contributed by atoms with Crippen molar-refractivity contribution in [1.82, 2.24) is 20.2 Å². The summed E-state index contributed by atoms with van der Waals surface area (Å²) >= 11 is 1.59. The topological polar surface area (TPSA) is 67.4 Å². The van der Waals surface area contributed by atoms with Gasteiger partial charge >= 0.3 is 6.03 Å². The van der Waals surface area contributed by atoms with Gasteiger partial charge in [-0.05, 0) is 25.5 Å². The zero-order valence-electron chi connectivity index (χ0n) is 13.9. The molecule has 6 nitrogen and oxygen atoms in total. The Morgan fingerprint density at radius 1 is 1.58 bits per heavy atom. The number of aryl methyl sites for hydroxylation is 1. The highest BCUT2D eigenvalue weighted by Gasteiger charge is 2.29. The van der Waals surface area contributed by atoms with Gasteiger partial charge in [0.25, 0.3) is 0 Å². The second-order valence-corrected chi connectivity index (χ2v) is 6.79. The third-order valence-electron chi connectivity index (χ3n) is 4.01. The molecule has 0 radical (unpaired) electrons. The van der Waals surface area contributed by atoms with E-state index in [0.717, 1.165) is 29.3 Å². The van der Waals surface area contributed by atoms with E-state index >= 15 is 0 Å². The minimum Gasteiger partial charge on any atom is -0.487 e. The lowest BCUT2D eigenvalue weighted by atomic mass is 10.2. The van der Waals surface area contributed by atoms with Crippen LogP contribution in [0.3, 0.4) is 0 Å². The maximum Gasteiger partial charge on any atom is 0.318 e. The summed E-state index contributed by atoms with van der Waals surface area (Å²) < 4.78 is 5.88. The molecule has 2 atom stereocenters. The standard InChI is InChI=1S/C17H22N4O2S/c1-3-15(16-19-12(2)11-24-16)20-17(22)21-8-6-14(10-21)23-13-5-4-7-18-9-13/h4-5,7,9,11,14-15H,3,6,8,10H2,1-2H3,(H,20,22)/t14-,15-/m0/s1. The molecule has 2 aromatic heterocycles. The summed E-state index contributed by atoms with van der Waals surface area (Å²) in [4.78, 5) is 22.9. The van der Waals surface area contributed by atoms with Gasteiger partial charge in [-0.2, -0.15) is 0 Å². The van der Waals surface area contributed by atoms with E-state index < -0.39 is 0 Å². The van der Waals surface area contributed by atoms with E-state index in [2.05, 4.69) is 22.2 Å². The number of amides is 2. The Morgan fingerprint density at radius 2 is 2.46 bits per heavy atom. The fourth-order valence-corrected chi connectivity index (χ4v) is 3.66. The molecule has 1 N–H and O–H groups in total. The van der Waals surface area contributed by atoms with E-state index in [4.69, 9.17) is 4.74 Å². The molecule has 7 heteroatoms. The number of nitrogens with zero attached hydrogens (tertiary/aromatic N) is 3. The lowest BCUT2D eigenvalue weighted by Gasteiger charge is -2.21. The van der Waals surface area contributed by atoms with Crippen LogP contribution in [0.15, 0.2) is 29.9 Å². The van der Waals surface area contributed by atoms with Crippen molar-refractivity contribution in [3.63, 3.8) is 0 Å². The van der Waals surface area contributed by atoms with Crippen LogP contribution in [-0.4, -0.2) is 40.1 Å². The first-order chi connectivity index (χ1) is 11.7. The summed E-state index contributed by atoms with van der Waals surface area (Å²) in [6.45, 7) is 5.31. The highest BCUT2D eigenvalue weighted by molar-refractivity contribution is 7.09. The molecule has 0 saturated carbocycles. The van der Waals surface area contributed by atoms with Crippen molar-refractivity contribution in [2.75, 3.05) is 13.1 Å². The van der Waals surface area contributed by atoms with Crippen molar-refractivity contribution in [3.8, 4) is 5.75 Å². The Kier molecular flexibility index (Phi) is 5.30. The van der Waals surface area contributed by atoms with Crippen molar-refractivity contribution in [1.29, 1.82) is 0 Å². The number of likely N-dealkylation sites (tertiary alicyclic amines) is 1. The molecule has 0 spiro atoms. The summed E-state index contributed by atoms with van der Waals surface area (Å²) in [5, 5.41) is 6.06. The molecular formula is C17H22N4O2S. The highest BCUT2D eigenvalue weighted by atomic mass is 32.1. The fraction of sp³-hybridized carbons (Fsp3) is 0.471. The van der Waals surface area contributed by atoms with Crippen LogP contribution in [0.4, 0.5) is 4.79 Å². The van der Waals surface area contributed by atoms with E-state index in [9.17, 15) is 4.79 Å². The second kappa shape index (κ2) is 7.61. The SMILES string of the molecule is CC[C@H](NC(=O)N1CC[C@H](Oc2cccnc2)C1)c1nc(C)cs1. The average Bonchev–Trinajstić information content (AvgIpc) is 3.22. The van der Waals surface area contributed by atoms with Crippen molar-refractivity contribution >= 4 is 17.4 Å². The first-order valence-corrected chi connectivity index (χ1v) is 9.07.